The number of benzene rings is 3. The van der Waals surface area contributed by atoms with Crippen LogP contribution in [-0.2, 0) is 4.79 Å². The van der Waals surface area contributed by atoms with E-state index in [9.17, 15) is 4.79 Å². The number of para-hydroxylation sites is 1. The monoisotopic (exact) mass is 401 g/mol. The second kappa shape index (κ2) is 8.75. The van der Waals surface area contributed by atoms with E-state index in [0.29, 0.717) is 11.1 Å². The average molecular weight is 401 g/mol. The number of hydrogen-bond donors (Lipinski definition) is 1. The first-order valence-corrected chi connectivity index (χ1v) is 10.2. The van der Waals surface area contributed by atoms with E-state index >= 15 is 0 Å². The number of rotatable bonds is 6. The lowest BCUT2D eigenvalue weighted by atomic mass is 10.0. The Morgan fingerprint density at radius 3 is 2.52 bits per heavy atom. The number of aryl methyl sites for hydroxylation is 1. The highest BCUT2D eigenvalue weighted by atomic mass is 32.2. The van der Waals surface area contributed by atoms with Crippen molar-refractivity contribution < 1.29 is 9.21 Å². The molecule has 4 aromatic rings. The molecule has 0 spiro atoms. The smallest absolute Gasteiger partial charge is 0.277 e. The number of carbonyl (C=O) groups is 1. The highest BCUT2D eigenvalue weighted by molar-refractivity contribution is 7.99. The highest BCUT2D eigenvalue weighted by Crippen LogP contribution is 2.28. The molecule has 1 heterocycles. The van der Waals surface area contributed by atoms with Gasteiger partial charge in [-0.25, -0.2) is 0 Å². The van der Waals surface area contributed by atoms with E-state index in [2.05, 4.69) is 15.5 Å². The number of anilines is 1. The van der Waals surface area contributed by atoms with Crippen LogP contribution >= 0.6 is 11.8 Å². The van der Waals surface area contributed by atoms with Crippen LogP contribution in [0.3, 0.4) is 0 Å². The molecule has 0 saturated heterocycles. The lowest BCUT2D eigenvalue weighted by Gasteiger charge is -2.10. The van der Waals surface area contributed by atoms with Gasteiger partial charge in [0.2, 0.25) is 11.8 Å². The number of amides is 1. The first kappa shape index (κ1) is 19.0. The molecule has 29 heavy (non-hydrogen) atoms. The first-order chi connectivity index (χ1) is 14.2. The molecular weight excluding hydrogens is 382 g/mol. The van der Waals surface area contributed by atoms with Crippen molar-refractivity contribution >= 4 is 23.4 Å². The van der Waals surface area contributed by atoms with E-state index in [1.807, 2.05) is 85.8 Å². The van der Waals surface area contributed by atoms with E-state index in [1.54, 1.807) is 0 Å². The van der Waals surface area contributed by atoms with Crippen molar-refractivity contribution in [1.29, 1.82) is 0 Å². The summed E-state index contributed by atoms with van der Waals surface area (Å²) >= 11 is 1.22. The van der Waals surface area contributed by atoms with Gasteiger partial charge in [0.25, 0.3) is 5.22 Å². The van der Waals surface area contributed by atoms with Crippen molar-refractivity contribution in [3.63, 3.8) is 0 Å². The SMILES string of the molecule is Cc1cccc(-c2nnc(SCC(=O)Nc3ccccc3-c3ccccc3)o2)c1. The Kier molecular flexibility index (Phi) is 5.72. The van der Waals surface area contributed by atoms with Gasteiger partial charge < -0.3 is 9.73 Å². The summed E-state index contributed by atoms with van der Waals surface area (Å²) in [5.74, 6) is 0.498. The Morgan fingerprint density at radius 2 is 1.69 bits per heavy atom. The summed E-state index contributed by atoms with van der Waals surface area (Å²) in [6.45, 7) is 2.01. The fourth-order valence-corrected chi connectivity index (χ4v) is 3.50. The normalized spacial score (nSPS) is 10.7. The van der Waals surface area contributed by atoms with Gasteiger partial charge in [0.1, 0.15) is 0 Å². The lowest BCUT2D eigenvalue weighted by Crippen LogP contribution is -2.14. The average Bonchev–Trinajstić information content (AvgIpc) is 3.23. The molecule has 3 aromatic carbocycles. The maximum atomic E-state index is 12.5. The summed E-state index contributed by atoms with van der Waals surface area (Å²) in [5.41, 5.74) is 4.79. The summed E-state index contributed by atoms with van der Waals surface area (Å²) in [7, 11) is 0. The summed E-state index contributed by atoms with van der Waals surface area (Å²) < 4.78 is 5.68. The lowest BCUT2D eigenvalue weighted by molar-refractivity contribution is -0.113. The van der Waals surface area contributed by atoms with E-state index < -0.39 is 0 Å². The minimum Gasteiger partial charge on any atom is -0.411 e. The second-order valence-corrected chi connectivity index (χ2v) is 7.42. The minimum atomic E-state index is -0.131. The number of nitrogens with zero attached hydrogens (tertiary/aromatic N) is 2. The van der Waals surface area contributed by atoms with Crippen LogP contribution in [0.2, 0.25) is 0 Å². The van der Waals surface area contributed by atoms with Crippen LogP contribution in [0.15, 0.2) is 88.5 Å². The minimum absolute atomic E-state index is 0.131. The number of aromatic nitrogens is 2. The molecule has 0 bridgehead atoms. The van der Waals surface area contributed by atoms with E-state index in [0.717, 1.165) is 27.9 Å². The van der Waals surface area contributed by atoms with Gasteiger partial charge in [-0.15, -0.1) is 10.2 Å². The van der Waals surface area contributed by atoms with Crippen LogP contribution in [0.1, 0.15) is 5.56 Å². The predicted molar refractivity (Wildman–Crippen MR) is 116 cm³/mol. The van der Waals surface area contributed by atoms with Gasteiger partial charge in [0.05, 0.1) is 5.75 Å². The Balaban J connectivity index is 1.41. The largest absolute Gasteiger partial charge is 0.411 e. The summed E-state index contributed by atoms with van der Waals surface area (Å²) in [4.78, 5) is 12.5. The molecule has 0 unspecified atom stereocenters. The third-order valence-corrected chi connectivity index (χ3v) is 5.10. The molecule has 0 aliphatic carbocycles. The molecule has 0 aliphatic heterocycles. The second-order valence-electron chi connectivity index (χ2n) is 6.49. The van der Waals surface area contributed by atoms with Crippen molar-refractivity contribution in [2.45, 2.75) is 12.1 Å². The molecule has 144 valence electrons. The van der Waals surface area contributed by atoms with Crippen LogP contribution < -0.4 is 5.32 Å². The molecule has 1 amide bonds. The maximum Gasteiger partial charge on any atom is 0.277 e. The third kappa shape index (κ3) is 4.73. The van der Waals surface area contributed by atoms with Gasteiger partial charge in [0.15, 0.2) is 0 Å². The molecule has 0 saturated carbocycles. The maximum absolute atomic E-state index is 12.5. The van der Waals surface area contributed by atoms with Crippen molar-refractivity contribution in [3.05, 3.63) is 84.4 Å². The number of hydrogen-bond acceptors (Lipinski definition) is 5. The van der Waals surface area contributed by atoms with Gasteiger partial charge in [-0.3, -0.25) is 4.79 Å². The quantitative estimate of drug-likeness (QED) is 0.436. The number of carbonyl (C=O) groups excluding carboxylic acids is 1. The number of thioether (sulfide) groups is 1. The highest BCUT2D eigenvalue weighted by Gasteiger charge is 2.13. The molecule has 1 N–H and O–H groups in total. The van der Waals surface area contributed by atoms with Crippen molar-refractivity contribution in [2.75, 3.05) is 11.1 Å². The topological polar surface area (TPSA) is 68.0 Å². The Morgan fingerprint density at radius 1 is 0.931 bits per heavy atom. The van der Waals surface area contributed by atoms with Crippen LogP contribution in [0.4, 0.5) is 5.69 Å². The molecule has 0 fully saturated rings. The van der Waals surface area contributed by atoms with Crippen molar-refractivity contribution in [1.82, 2.24) is 10.2 Å². The summed E-state index contributed by atoms with van der Waals surface area (Å²) in [6.07, 6.45) is 0. The van der Waals surface area contributed by atoms with Gasteiger partial charge >= 0.3 is 0 Å². The molecule has 0 atom stereocenters. The molecule has 0 aliphatic rings. The molecule has 4 rings (SSSR count). The molecule has 6 heteroatoms. The Labute approximate surface area is 173 Å². The van der Waals surface area contributed by atoms with E-state index in [1.165, 1.54) is 11.8 Å². The zero-order valence-electron chi connectivity index (χ0n) is 15.8. The first-order valence-electron chi connectivity index (χ1n) is 9.17. The zero-order valence-corrected chi connectivity index (χ0v) is 16.6. The molecule has 1 aromatic heterocycles. The van der Waals surface area contributed by atoms with Gasteiger partial charge in [-0.1, -0.05) is 78.0 Å². The van der Waals surface area contributed by atoms with Crippen molar-refractivity contribution in [3.8, 4) is 22.6 Å². The molecule has 5 nitrogen and oxygen atoms in total. The molecule has 0 radical (unpaired) electrons. The Hall–Kier alpha value is -3.38. The van der Waals surface area contributed by atoms with Gasteiger partial charge in [0, 0.05) is 16.8 Å². The van der Waals surface area contributed by atoms with Crippen molar-refractivity contribution in [2.24, 2.45) is 0 Å². The number of nitrogens with one attached hydrogen (secondary N) is 1. The zero-order chi connectivity index (χ0) is 20.1. The van der Waals surface area contributed by atoms with E-state index in [-0.39, 0.29) is 11.7 Å². The molecular formula is C23H19N3O2S. The fourth-order valence-electron chi connectivity index (χ4n) is 2.94. The van der Waals surface area contributed by atoms with Crippen LogP contribution in [0, 0.1) is 6.92 Å². The standard InChI is InChI=1S/C23H19N3O2S/c1-16-8-7-11-18(14-16)22-25-26-23(28-22)29-15-21(27)24-20-13-6-5-12-19(20)17-9-3-2-4-10-17/h2-14H,15H2,1H3,(H,24,27). The van der Waals surface area contributed by atoms with E-state index in [4.69, 9.17) is 4.42 Å². The fraction of sp³-hybridized carbons (Fsp3) is 0.0870. The van der Waals surface area contributed by atoms with Crippen LogP contribution in [0.5, 0.6) is 0 Å². The summed E-state index contributed by atoms with van der Waals surface area (Å²) in [6, 6.07) is 25.6. The van der Waals surface area contributed by atoms with Gasteiger partial charge in [-0.05, 0) is 30.7 Å². The van der Waals surface area contributed by atoms with Crippen LogP contribution in [0.25, 0.3) is 22.6 Å². The van der Waals surface area contributed by atoms with Gasteiger partial charge in [-0.2, -0.15) is 0 Å². The predicted octanol–water partition coefficient (Wildman–Crippen LogP) is 5.44. The Bertz CT molecular complexity index is 1130. The summed E-state index contributed by atoms with van der Waals surface area (Å²) in [5, 5.41) is 11.5. The third-order valence-electron chi connectivity index (χ3n) is 4.28. The van der Waals surface area contributed by atoms with Crippen LogP contribution in [-0.4, -0.2) is 21.9 Å².